The zero-order valence-corrected chi connectivity index (χ0v) is 18.5. The third-order valence-electron chi connectivity index (χ3n) is 5.82. The Bertz CT molecular complexity index is 1300. The lowest BCUT2D eigenvalue weighted by molar-refractivity contribution is 0.209. The van der Waals surface area contributed by atoms with Crippen molar-refractivity contribution in [2.45, 2.75) is 12.5 Å². The van der Waals surface area contributed by atoms with Crippen LogP contribution < -0.4 is 15.4 Å². The average molecular weight is 445 g/mol. The van der Waals surface area contributed by atoms with E-state index in [0.717, 1.165) is 47.5 Å². The third kappa shape index (κ3) is 4.42. The first-order chi connectivity index (χ1) is 16.1. The van der Waals surface area contributed by atoms with Crippen LogP contribution in [0.25, 0.3) is 22.2 Å². The van der Waals surface area contributed by atoms with Crippen molar-refractivity contribution < 1.29 is 9.13 Å². The smallest absolute Gasteiger partial charge is 0.145 e. The molecule has 1 fully saturated rings. The van der Waals surface area contributed by atoms with E-state index in [4.69, 9.17) is 4.74 Å². The lowest BCUT2D eigenvalue weighted by Crippen LogP contribution is -2.21. The molecule has 7 nitrogen and oxygen atoms in total. The number of halogens is 1. The zero-order chi connectivity index (χ0) is 22.8. The number of fused-ring (bicyclic) bond motifs is 1. The van der Waals surface area contributed by atoms with Crippen molar-refractivity contribution in [2.24, 2.45) is 0 Å². The molecule has 5 rings (SSSR count). The number of ether oxygens (including phenoxy) is 1. The number of benzene rings is 2. The summed E-state index contributed by atoms with van der Waals surface area (Å²) in [6.07, 6.45) is 4.33. The molecule has 0 saturated carbocycles. The minimum atomic E-state index is -0.311. The topological polar surface area (TPSA) is 75.2 Å². The molecule has 0 radical (unpaired) electrons. The number of likely N-dealkylation sites (N-methyl/N-ethyl adjacent to an activating group) is 1. The van der Waals surface area contributed by atoms with Crippen LogP contribution in [0.15, 0.2) is 61.1 Å². The normalized spacial score (nSPS) is 16.2. The number of aromatic nitrogens is 3. The van der Waals surface area contributed by atoms with E-state index >= 15 is 0 Å². The predicted octanol–water partition coefficient (Wildman–Crippen LogP) is 4.70. The van der Waals surface area contributed by atoms with Gasteiger partial charge in [-0.15, -0.1) is 0 Å². The Labute approximate surface area is 191 Å². The fraction of sp³-hybridized carbons (Fsp3) is 0.240. The van der Waals surface area contributed by atoms with Gasteiger partial charge in [-0.25, -0.2) is 14.4 Å². The quantitative estimate of drug-likeness (QED) is 0.446. The molecule has 1 aliphatic heterocycles. The van der Waals surface area contributed by atoms with Crippen LogP contribution in [0.4, 0.5) is 21.6 Å². The summed E-state index contributed by atoms with van der Waals surface area (Å²) in [5.41, 5.74) is 3.39. The van der Waals surface area contributed by atoms with Crippen molar-refractivity contribution in [2.75, 3.05) is 37.8 Å². The van der Waals surface area contributed by atoms with Crippen LogP contribution >= 0.6 is 0 Å². The molecule has 1 aliphatic rings. The maximum atomic E-state index is 14.2. The van der Waals surface area contributed by atoms with Gasteiger partial charge in [-0.1, -0.05) is 12.1 Å². The fourth-order valence-corrected chi connectivity index (χ4v) is 4.11. The van der Waals surface area contributed by atoms with Crippen LogP contribution in [0, 0.1) is 5.82 Å². The van der Waals surface area contributed by atoms with Gasteiger partial charge >= 0.3 is 0 Å². The van der Waals surface area contributed by atoms with E-state index < -0.39 is 0 Å². The first-order valence-corrected chi connectivity index (χ1v) is 10.9. The van der Waals surface area contributed by atoms with E-state index in [1.54, 1.807) is 30.5 Å². The molecule has 8 heteroatoms. The van der Waals surface area contributed by atoms with Gasteiger partial charge in [0.1, 0.15) is 29.8 Å². The highest BCUT2D eigenvalue weighted by Crippen LogP contribution is 2.34. The summed E-state index contributed by atoms with van der Waals surface area (Å²) in [7, 11) is 3.97. The Balaban J connectivity index is 1.47. The number of rotatable bonds is 6. The SMILES string of the molecule is CNc1cc2c(Nc3ccnc(-c4ccccc4F)c3)ncnc2cc1OC1CCN(C)C1. The number of pyridine rings is 1. The Morgan fingerprint density at radius 1 is 1.09 bits per heavy atom. The maximum absolute atomic E-state index is 14.2. The average Bonchev–Trinajstić information content (AvgIpc) is 3.24. The molecule has 33 heavy (non-hydrogen) atoms. The summed E-state index contributed by atoms with van der Waals surface area (Å²) in [5.74, 6) is 1.12. The monoisotopic (exact) mass is 444 g/mol. The predicted molar refractivity (Wildman–Crippen MR) is 129 cm³/mol. The molecule has 4 aromatic rings. The summed E-state index contributed by atoms with van der Waals surface area (Å²) in [6.45, 7) is 1.94. The van der Waals surface area contributed by atoms with E-state index in [2.05, 4.69) is 37.5 Å². The number of hydrogen-bond acceptors (Lipinski definition) is 7. The van der Waals surface area contributed by atoms with Crippen molar-refractivity contribution in [3.8, 4) is 17.0 Å². The second-order valence-corrected chi connectivity index (χ2v) is 8.16. The molecular formula is C25H25FN6O. The van der Waals surface area contributed by atoms with Crippen LogP contribution in [-0.2, 0) is 0 Å². The summed E-state index contributed by atoms with van der Waals surface area (Å²) in [6, 6.07) is 14.2. The van der Waals surface area contributed by atoms with E-state index in [-0.39, 0.29) is 11.9 Å². The molecule has 0 bridgehead atoms. The number of hydrogen-bond donors (Lipinski definition) is 2. The molecule has 0 spiro atoms. The highest BCUT2D eigenvalue weighted by Gasteiger charge is 2.22. The Morgan fingerprint density at radius 2 is 1.97 bits per heavy atom. The number of nitrogens with one attached hydrogen (secondary N) is 2. The summed E-state index contributed by atoms with van der Waals surface area (Å²) in [4.78, 5) is 15.5. The Hall–Kier alpha value is -3.78. The van der Waals surface area contributed by atoms with Crippen molar-refractivity contribution in [1.82, 2.24) is 19.9 Å². The minimum absolute atomic E-state index is 0.160. The van der Waals surface area contributed by atoms with Crippen molar-refractivity contribution in [3.05, 3.63) is 66.9 Å². The van der Waals surface area contributed by atoms with Crippen LogP contribution in [0.3, 0.4) is 0 Å². The fourth-order valence-electron chi connectivity index (χ4n) is 4.11. The van der Waals surface area contributed by atoms with Crippen LogP contribution in [0.2, 0.25) is 0 Å². The van der Waals surface area contributed by atoms with Gasteiger partial charge in [0.25, 0.3) is 0 Å². The maximum Gasteiger partial charge on any atom is 0.145 e. The summed E-state index contributed by atoms with van der Waals surface area (Å²) < 4.78 is 20.5. The number of likely N-dealkylation sites (tertiary alicyclic amines) is 1. The van der Waals surface area contributed by atoms with Crippen molar-refractivity contribution in [3.63, 3.8) is 0 Å². The summed E-state index contributed by atoms with van der Waals surface area (Å²) in [5, 5.41) is 7.41. The molecule has 2 aromatic heterocycles. The molecule has 2 N–H and O–H groups in total. The van der Waals surface area contributed by atoms with E-state index in [0.29, 0.717) is 17.1 Å². The summed E-state index contributed by atoms with van der Waals surface area (Å²) >= 11 is 0. The number of nitrogens with zero attached hydrogens (tertiary/aromatic N) is 4. The first-order valence-electron chi connectivity index (χ1n) is 10.9. The number of anilines is 3. The first kappa shape index (κ1) is 21.1. The van der Waals surface area contributed by atoms with E-state index in [1.165, 1.54) is 12.4 Å². The van der Waals surface area contributed by atoms with Gasteiger partial charge in [0.2, 0.25) is 0 Å². The minimum Gasteiger partial charge on any atom is -0.487 e. The second kappa shape index (κ2) is 8.99. The molecule has 1 atom stereocenters. The molecule has 2 aromatic carbocycles. The van der Waals surface area contributed by atoms with Gasteiger partial charge in [0, 0.05) is 49.0 Å². The Kier molecular flexibility index (Phi) is 5.75. The van der Waals surface area contributed by atoms with Gasteiger partial charge in [0.15, 0.2) is 0 Å². The molecule has 0 amide bonds. The highest BCUT2D eigenvalue weighted by atomic mass is 19.1. The van der Waals surface area contributed by atoms with Crippen molar-refractivity contribution in [1.29, 1.82) is 0 Å². The van der Waals surface area contributed by atoms with Gasteiger partial charge in [-0.2, -0.15) is 0 Å². The van der Waals surface area contributed by atoms with Gasteiger partial charge in [-0.05, 0) is 43.8 Å². The largest absolute Gasteiger partial charge is 0.487 e. The standard InChI is InChI=1S/C25H25FN6O/c1-27-23-12-19-22(13-24(23)33-17-8-10-32(2)14-17)29-15-30-25(19)31-16-7-9-28-21(11-16)18-5-3-4-6-20(18)26/h3-7,9,11-13,15,17,27H,8,10,14H2,1-2H3,(H,28,29,30,31). The highest BCUT2D eigenvalue weighted by molar-refractivity contribution is 5.95. The van der Waals surface area contributed by atoms with Crippen molar-refractivity contribution >= 4 is 28.1 Å². The molecule has 0 aliphatic carbocycles. The van der Waals surface area contributed by atoms with Gasteiger partial charge in [0.05, 0.1) is 16.9 Å². The Morgan fingerprint density at radius 3 is 2.76 bits per heavy atom. The third-order valence-corrected chi connectivity index (χ3v) is 5.82. The van der Waals surface area contributed by atoms with Crippen LogP contribution in [0.1, 0.15) is 6.42 Å². The lowest BCUT2D eigenvalue weighted by atomic mass is 10.1. The molecule has 3 heterocycles. The van der Waals surface area contributed by atoms with Gasteiger partial charge < -0.3 is 20.3 Å². The molecule has 1 unspecified atom stereocenters. The zero-order valence-electron chi connectivity index (χ0n) is 18.5. The molecule has 1 saturated heterocycles. The van der Waals surface area contributed by atoms with E-state index in [1.807, 2.05) is 25.2 Å². The van der Waals surface area contributed by atoms with Crippen LogP contribution in [-0.4, -0.2) is 53.1 Å². The molecular weight excluding hydrogens is 419 g/mol. The van der Waals surface area contributed by atoms with Crippen LogP contribution in [0.5, 0.6) is 5.75 Å². The van der Waals surface area contributed by atoms with Gasteiger partial charge in [-0.3, -0.25) is 4.98 Å². The lowest BCUT2D eigenvalue weighted by Gasteiger charge is -2.18. The van der Waals surface area contributed by atoms with E-state index in [9.17, 15) is 4.39 Å². The second-order valence-electron chi connectivity index (χ2n) is 8.16. The molecule has 168 valence electrons.